The maximum atomic E-state index is 12.7. The Hall–Kier alpha value is -2.30. The minimum absolute atomic E-state index is 0.114. The van der Waals surface area contributed by atoms with E-state index in [-0.39, 0.29) is 17.8 Å². The average molecular weight is 359 g/mol. The fourth-order valence-electron chi connectivity index (χ4n) is 3.12. The number of esters is 1. The van der Waals surface area contributed by atoms with E-state index in [1.165, 1.54) is 0 Å². The Morgan fingerprint density at radius 2 is 1.96 bits per heavy atom. The monoisotopic (exact) mass is 359 g/mol. The van der Waals surface area contributed by atoms with E-state index in [2.05, 4.69) is 6.92 Å². The van der Waals surface area contributed by atoms with Crippen molar-refractivity contribution in [3.63, 3.8) is 0 Å². The molecule has 1 amide bonds. The van der Waals surface area contributed by atoms with Gasteiger partial charge in [0, 0.05) is 18.7 Å². The van der Waals surface area contributed by atoms with Crippen molar-refractivity contribution in [1.29, 1.82) is 0 Å². The van der Waals surface area contributed by atoms with Crippen molar-refractivity contribution in [1.82, 2.24) is 4.90 Å². The number of hydrogen-bond donors (Lipinski definition) is 0. The Labute approximate surface area is 156 Å². The summed E-state index contributed by atoms with van der Waals surface area (Å²) in [6, 6.07) is 7.61. The maximum Gasteiger partial charge on any atom is 0.312 e. The van der Waals surface area contributed by atoms with Gasteiger partial charge in [0.25, 0.3) is 0 Å². The first-order valence-electron chi connectivity index (χ1n) is 9.43. The Kier molecular flexibility index (Phi) is 7.70. The number of carbonyl (C=O) groups is 2. The van der Waals surface area contributed by atoms with Gasteiger partial charge in [0.1, 0.15) is 5.75 Å². The minimum atomic E-state index is -0.329. The van der Waals surface area contributed by atoms with Crippen molar-refractivity contribution in [2.45, 2.75) is 46.0 Å². The van der Waals surface area contributed by atoms with E-state index >= 15 is 0 Å². The van der Waals surface area contributed by atoms with Gasteiger partial charge >= 0.3 is 5.97 Å². The van der Waals surface area contributed by atoms with Crippen LogP contribution in [0.25, 0.3) is 5.70 Å². The summed E-state index contributed by atoms with van der Waals surface area (Å²) in [7, 11) is 1.62. The average Bonchev–Trinajstić information content (AvgIpc) is 2.64. The molecular weight excluding hydrogens is 330 g/mol. The number of nitrogens with zero attached hydrogens (tertiary/aromatic N) is 1. The molecule has 5 nitrogen and oxygen atoms in total. The lowest BCUT2D eigenvalue weighted by Crippen LogP contribution is -2.33. The van der Waals surface area contributed by atoms with Gasteiger partial charge in [-0.2, -0.15) is 0 Å². The Morgan fingerprint density at radius 1 is 1.23 bits per heavy atom. The number of rotatable bonds is 7. The number of hydrogen-bond acceptors (Lipinski definition) is 4. The zero-order valence-corrected chi connectivity index (χ0v) is 16.0. The van der Waals surface area contributed by atoms with E-state index in [4.69, 9.17) is 9.47 Å². The molecule has 0 spiro atoms. The molecule has 26 heavy (non-hydrogen) atoms. The molecule has 5 heteroatoms. The van der Waals surface area contributed by atoms with Crippen molar-refractivity contribution < 1.29 is 19.1 Å². The van der Waals surface area contributed by atoms with E-state index < -0.39 is 0 Å². The molecule has 0 N–H and O–H groups in total. The first-order chi connectivity index (χ1) is 12.6. The Balaban J connectivity index is 2.44. The predicted molar refractivity (Wildman–Crippen MR) is 102 cm³/mol. The molecule has 0 aliphatic carbocycles. The Bertz CT molecular complexity index is 636. The highest BCUT2D eigenvalue weighted by molar-refractivity contribution is 5.89. The second-order valence-electron chi connectivity index (χ2n) is 6.43. The van der Waals surface area contributed by atoms with Crippen molar-refractivity contribution in [3.05, 3.63) is 35.9 Å². The highest BCUT2D eigenvalue weighted by atomic mass is 16.5. The van der Waals surface area contributed by atoms with Crippen molar-refractivity contribution in [3.8, 4) is 5.75 Å². The lowest BCUT2D eigenvalue weighted by atomic mass is 9.95. The van der Waals surface area contributed by atoms with Crippen LogP contribution in [-0.4, -0.2) is 37.0 Å². The van der Waals surface area contributed by atoms with Crippen LogP contribution >= 0.6 is 0 Å². The maximum absolute atomic E-state index is 12.7. The zero-order chi connectivity index (χ0) is 18.9. The van der Waals surface area contributed by atoms with E-state index in [0.29, 0.717) is 32.4 Å². The summed E-state index contributed by atoms with van der Waals surface area (Å²) in [6.07, 6.45) is 5.60. The molecule has 0 radical (unpaired) electrons. The normalized spacial score (nSPS) is 20.0. The first-order valence-corrected chi connectivity index (χ1v) is 9.43. The van der Waals surface area contributed by atoms with Crippen LogP contribution in [-0.2, 0) is 14.3 Å². The summed E-state index contributed by atoms with van der Waals surface area (Å²) in [5, 5.41) is 0. The second kappa shape index (κ2) is 10.00. The van der Waals surface area contributed by atoms with Gasteiger partial charge in [-0.25, -0.2) is 0 Å². The van der Waals surface area contributed by atoms with Crippen molar-refractivity contribution in [2.75, 3.05) is 20.3 Å². The van der Waals surface area contributed by atoms with Gasteiger partial charge in [-0.1, -0.05) is 13.3 Å². The molecule has 142 valence electrons. The lowest BCUT2D eigenvalue weighted by Gasteiger charge is -2.29. The largest absolute Gasteiger partial charge is 0.497 e. The number of ether oxygens (including phenoxy) is 2. The predicted octanol–water partition coefficient (Wildman–Crippen LogP) is 4.03. The molecule has 1 aromatic carbocycles. The summed E-state index contributed by atoms with van der Waals surface area (Å²) >= 11 is 0. The topological polar surface area (TPSA) is 55.8 Å². The zero-order valence-electron chi connectivity index (χ0n) is 16.0. The van der Waals surface area contributed by atoms with Gasteiger partial charge in [0.15, 0.2) is 0 Å². The molecule has 0 saturated carbocycles. The molecule has 1 aliphatic rings. The number of benzene rings is 1. The van der Waals surface area contributed by atoms with Crippen LogP contribution < -0.4 is 4.74 Å². The van der Waals surface area contributed by atoms with Crippen LogP contribution in [0.3, 0.4) is 0 Å². The molecule has 0 aromatic heterocycles. The van der Waals surface area contributed by atoms with Gasteiger partial charge in [-0.05, 0) is 62.1 Å². The fraction of sp³-hybridized carbons (Fsp3) is 0.524. The van der Waals surface area contributed by atoms with E-state index in [9.17, 15) is 9.59 Å². The van der Waals surface area contributed by atoms with Crippen LogP contribution in [0.1, 0.15) is 51.5 Å². The molecule has 1 unspecified atom stereocenters. The van der Waals surface area contributed by atoms with E-state index in [1.807, 2.05) is 42.2 Å². The van der Waals surface area contributed by atoms with Gasteiger partial charge < -0.3 is 14.4 Å². The number of amides is 1. The summed E-state index contributed by atoms with van der Waals surface area (Å²) in [4.78, 5) is 26.9. The van der Waals surface area contributed by atoms with E-state index in [1.54, 1.807) is 7.11 Å². The highest BCUT2D eigenvalue weighted by Gasteiger charge is 2.27. The molecule has 0 bridgehead atoms. The molecule has 2 rings (SSSR count). The quantitative estimate of drug-likeness (QED) is 0.690. The van der Waals surface area contributed by atoms with Crippen molar-refractivity contribution in [2.24, 2.45) is 5.92 Å². The number of carbonyl (C=O) groups excluding carboxylic acids is 2. The molecule has 0 fully saturated rings. The summed E-state index contributed by atoms with van der Waals surface area (Å²) in [6.45, 7) is 4.93. The Morgan fingerprint density at radius 3 is 2.58 bits per heavy atom. The third-order valence-corrected chi connectivity index (χ3v) is 4.57. The van der Waals surface area contributed by atoms with E-state index in [0.717, 1.165) is 29.9 Å². The SMILES string of the molecule is CCCCN1C(=O)CCCC(C(=O)OCC)/C=C\1c1ccc(OC)cc1. The smallest absolute Gasteiger partial charge is 0.312 e. The lowest BCUT2D eigenvalue weighted by molar-refractivity contribution is -0.146. The molecular formula is C21H29NO4. The number of methoxy groups -OCH3 is 1. The van der Waals surface area contributed by atoms with Crippen LogP contribution in [0.5, 0.6) is 5.75 Å². The van der Waals surface area contributed by atoms with Crippen LogP contribution in [0.15, 0.2) is 30.3 Å². The van der Waals surface area contributed by atoms with Crippen LogP contribution in [0.2, 0.25) is 0 Å². The van der Waals surface area contributed by atoms with Crippen LogP contribution in [0, 0.1) is 5.92 Å². The summed E-state index contributed by atoms with van der Waals surface area (Å²) < 4.78 is 10.5. The van der Waals surface area contributed by atoms with Crippen LogP contribution in [0.4, 0.5) is 0 Å². The first kappa shape index (κ1) is 20.0. The third kappa shape index (κ3) is 5.10. The minimum Gasteiger partial charge on any atom is -0.497 e. The van der Waals surface area contributed by atoms with Gasteiger partial charge in [0.05, 0.1) is 19.6 Å². The standard InChI is InChI=1S/C21H29NO4/c1-4-6-14-22-19(16-10-12-18(25-3)13-11-16)15-17(21(24)26-5-2)8-7-9-20(22)23/h10-13,15,17H,4-9,14H2,1-3H3/b19-15-. The molecule has 1 heterocycles. The second-order valence-corrected chi connectivity index (χ2v) is 6.43. The summed E-state index contributed by atoms with van der Waals surface area (Å²) in [5.74, 6) is 0.323. The summed E-state index contributed by atoms with van der Waals surface area (Å²) in [5.41, 5.74) is 1.70. The van der Waals surface area contributed by atoms with Gasteiger partial charge in [-0.15, -0.1) is 0 Å². The van der Waals surface area contributed by atoms with Gasteiger partial charge in [-0.3, -0.25) is 9.59 Å². The fourth-order valence-corrected chi connectivity index (χ4v) is 3.12. The third-order valence-electron chi connectivity index (χ3n) is 4.57. The molecule has 0 saturated heterocycles. The molecule has 1 aliphatic heterocycles. The number of unbranched alkanes of at least 4 members (excludes halogenated alkanes) is 1. The molecule has 1 aromatic rings. The van der Waals surface area contributed by atoms with Crippen molar-refractivity contribution >= 4 is 17.6 Å². The molecule has 1 atom stereocenters. The van der Waals surface area contributed by atoms with Gasteiger partial charge in [0.2, 0.25) is 5.91 Å². The highest BCUT2D eigenvalue weighted by Crippen LogP contribution is 2.29.